The Morgan fingerprint density at radius 1 is 1.29 bits per heavy atom. The SMILES string of the molecule is CCNCC(C)(CC)CCS(C)(=O)=O. The standard InChI is InChI=1S/C10H23NO2S/c1-5-10(3,9-11-6-2)7-8-14(4,12)13/h11H,5-9H2,1-4H3. The van der Waals surface area contributed by atoms with Crippen molar-refractivity contribution in [3.05, 3.63) is 0 Å². The quantitative estimate of drug-likeness (QED) is 0.708. The summed E-state index contributed by atoms with van der Waals surface area (Å²) in [5, 5.41) is 3.28. The zero-order chi connectivity index (χ0) is 11.2. The molecule has 0 aliphatic rings. The third-order valence-electron chi connectivity index (χ3n) is 2.73. The van der Waals surface area contributed by atoms with Crippen LogP contribution in [0.1, 0.15) is 33.6 Å². The van der Waals surface area contributed by atoms with Gasteiger partial charge in [0.1, 0.15) is 9.84 Å². The minimum Gasteiger partial charge on any atom is -0.316 e. The lowest BCUT2D eigenvalue weighted by molar-refractivity contribution is 0.285. The molecule has 0 bridgehead atoms. The predicted octanol–water partition coefficient (Wildman–Crippen LogP) is 1.45. The van der Waals surface area contributed by atoms with Gasteiger partial charge in [-0.05, 0) is 24.8 Å². The second-order valence-electron chi connectivity index (χ2n) is 4.32. The van der Waals surface area contributed by atoms with Crippen LogP contribution in [-0.2, 0) is 9.84 Å². The van der Waals surface area contributed by atoms with Crippen LogP contribution < -0.4 is 5.32 Å². The minimum atomic E-state index is -2.82. The average molecular weight is 221 g/mol. The van der Waals surface area contributed by atoms with Crippen molar-refractivity contribution in [2.75, 3.05) is 25.1 Å². The van der Waals surface area contributed by atoms with Crippen molar-refractivity contribution in [1.29, 1.82) is 0 Å². The van der Waals surface area contributed by atoms with E-state index in [9.17, 15) is 8.42 Å². The number of rotatable bonds is 7. The lowest BCUT2D eigenvalue weighted by Crippen LogP contribution is -2.33. The first-order valence-corrected chi connectivity index (χ1v) is 7.27. The van der Waals surface area contributed by atoms with Crippen LogP contribution in [0.4, 0.5) is 0 Å². The molecule has 0 saturated carbocycles. The Labute approximate surface area is 88.2 Å². The van der Waals surface area contributed by atoms with Gasteiger partial charge in [0.05, 0.1) is 5.75 Å². The fourth-order valence-electron chi connectivity index (χ4n) is 1.25. The molecule has 0 radical (unpaired) electrons. The summed E-state index contributed by atoms with van der Waals surface area (Å²) in [7, 11) is -2.82. The third-order valence-corrected chi connectivity index (χ3v) is 3.68. The molecule has 1 atom stereocenters. The van der Waals surface area contributed by atoms with Gasteiger partial charge in [-0.25, -0.2) is 8.42 Å². The molecule has 0 saturated heterocycles. The van der Waals surface area contributed by atoms with E-state index in [1.165, 1.54) is 6.26 Å². The Kier molecular flexibility index (Phi) is 5.67. The third kappa shape index (κ3) is 6.38. The summed E-state index contributed by atoms with van der Waals surface area (Å²) >= 11 is 0. The van der Waals surface area contributed by atoms with Crippen LogP contribution >= 0.6 is 0 Å². The molecule has 0 rings (SSSR count). The summed E-state index contributed by atoms with van der Waals surface area (Å²) in [4.78, 5) is 0. The second-order valence-corrected chi connectivity index (χ2v) is 6.58. The molecule has 0 aliphatic carbocycles. The lowest BCUT2D eigenvalue weighted by atomic mass is 9.85. The van der Waals surface area contributed by atoms with Gasteiger partial charge in [-0.1, -0.05) is 20.8 Å². The van der Waals surface area contributed by atoms with Crippen molar-refractivity contribution in [3.8, 4) is 0 Å². The van der Waals surface area contributed by atoms with E-state index >= 15 is 0 Å². The number of hydrogen-bond donors (Lipinski definition) is 1. The molecule has 4 heteroatoms. The Hall–Kier alpha value is -0.0900. The van der Waals surface area contributed by atoms with E-state index in [0.717, 1.165) is 25.9 Å². The summed E-state index contributed by atoms with van der Waals surface area (Å²) in [6.07, 6.45) is 3.06. The number of hydrogen-bond acceptors (Lipinski definition) is 3. The number of sulfone groups is 1. The maximum absolute atomic E-state index is 11.0. The van der Waals surface area contributed by atoms with Crippen LogP contribution in [0.3, 0.4) is 0 Å². The van der Waals surface area contributed by atoms with Crippen LogP contribution in [0.5, 0.6) is 0 Å². The van der Waals surface area contributed by atoms with Crippen molar-refractivity contribution in [2.24, 2.45) is 5.41 Å². The van der Waals surface area contributed by atoms with Crippen molar-refractivity contribution in [2.45, 2.75) is 33.6 Å². The first-order valence-electron chi connectivity index (χ1n) is 5.21. The van der Waals surface area contributed by atoms with Gasteiger partial charge < -0.3 is 5.32 Å². The van der Waals surface area contributed by atoms with E-state index < -0.39 is 9.84 Å². The summed E-state index contributed by atoms with van der Waals surface area (Å²) in [6.45, 7) is 8.15. The van der Waals surface area contributed by atoms with E-state index in [1.807, 2.05) is 0 Å². The van der Waals surface area contributed by atoms with Crippen LogP contribution in [0.15, 0.2) is 0 Å². The maximum Gasteiger partial charge on any atom is 0.147 e. The first kappa shape index (κ1) is 13.9. The van der Waals surface area contributed by atoms with Gasteiger partial charge in [0, 0.05) is 12.8 Å². The van der Waals surface area contributed by atoms with Gasteiger partial charge in [-0.2, -0.15) is 0 Å². The molecule has 0 spiro atoms. The molecule has 0 aromatic carbocycles. The fraction of sp³-hybridized carbons (Fsp3) is 1.00. The van der Waals surface area contributed by atoms with Crippen molar-refractivity contribution < 1.29 is 8.42 Å². The minimum absolute atomic E-state index is 0.110. The van der Waals surface area contributed by atoms with E-state index in [4.69, 9.17) is 0 Å². The summed E-state index contributed by atoms with van der Waals surface area (Å²) in [5.41, 5.74) is 0.110. The van der Waals surface area contributed by atoms with Crippen molar-refractivity contribution >= 4 is 9.84 Å². The molecule has 14 heavy (non-hydrogen) atoms. The molecule has 0 aromatic heterocycles. The van der Waals surface area contributed by atoms with Gasteiger partial charge in [0.15, 0.2) is 0 Å². The predicted molar refractivity (Wildman–Crippen MR) is 61.3 cm³/mol. The summed E-state index contributed by atoms with van der Waals surface area (Å²) in [5.74, 6) is 0.294. The molecule has 1 unspecified atom stereocenters. The summed E-state index contributed by atoms with van der Waals surface area (Å²) < 4.78 is 22.1. The van der Waals surface area contributed by atoms with E-state index in [-0.39, 0.29) is 5.41 Å². The molecular weight excluding hydrogens is 198 g/mol. The van der Waals surface area contributed by atoms with Crippen molar-refractivity contribution in [1.82, 2.24) is 5.32 Å². The maximum atomic E-state index is 11.0. The Morgan fingerprint density at radius 3 is 2.21 bits per heavy atom. The van der Waals surface area contributed by atoms with Crippen LogP contribution in [0.2, 0.25) is 0 Å². The highest BCUT2D eigenvalue weighted by Gasteiger charge is 2.22. The molecule has 0 heterocycles. The smallest absolute Gasteiger partial charge is 0.147 e. The molecule has 86 valence electrons. The molecule has 3 nitrogen and oxygen atoms in total. The topological polar surface area (TPSA) is 46.2 Å². The van der Waals surface area contributed by atoms with Crippen LogP contribution in [0.25, 0.3) is 0 Å². The molecule has 0 fully saturated rings. The Bertz CT molecular complexity index is 249. The molecule has 0 aliphatic heterocycles. The highest BCUT2D eigenvalue weighted by atomic mass is 32.2. The zero-order valence-corrected chi connectivity index (χ0v) is 10.6. The van der Waals surface area contributed by atoms with Crippen molar-refractivity contribution in [3.63, 3.8) is 0 Å². The average Bonchev–Trinajstić information content (AvgIpc) is 2.10. The van der Waals surface area contributed by atoms with Gasteiger partial charge in [-0.3, -0.25) is 0 Å². The van der Waals surface area contributed by atoms with E-state index in [2.05, 4.69) is 26.1 Å². The Morgan fingerprint density at radius 2 is 1.86 bits per heavy atom. The van der Waals surface area contributed by atoms with Crippen LogP contribution in [-0.4, -0.2) is 33.5 Å². The fourth-order valence-corrected chi connectivity index (χ4v) is 2.11. The Balaban J connectivity index is 4.12. The van der Waals surface area contributed by atoms with Gasteiger partial charge in [0.25, 0.3) is 0 Å². The van der Waals surface area contributed by atoms with Gasteiger partial charge >= 0.3 is 0 Å². The molecular formula is C10H23NO2S. The number of nitrogens with one attached hydrogen (secondary N) is 1. The molecule has 0 aromatic rings. The second kappa shape index (κ2) is 5.71. The molecule has 1 N–H and O–H groups in total. The van der Waals surface area contributed by atoms with E-state index in [1.54, 1.807) is 0 Å². The largest absolute Gasteiger partial charge is 0.316 e. The highest BCUT2D eigenvalue weighted by molar-refractivity contribution is 7.90. The highest BCUT2D eigenvalue weighted by Crippen LogP contribution is 2.25. The lowest BCUT2D eigenvalue weighted by Gasteiger charge is -2.28. The molecule has 0 amide bonds. The monoisotopic (exact) mass is 221 g/mol. The zero-order valence-electron chi connectivity index (χ0n) is 9.76. The van der Waals surface area contributed by atoms with Gasteiger partial charge in [-0.15, -0.1) is 0 Å². The van der Waals surface area contributed by atoms with E-state index in [0.29, 0.717) is 5.75 Å². The van der Waals surface area contributed by atoms with Gasteiger partial charge in [0.2, 0.25) is 0 Å². The first-order chi connectivity index (χ1) is 6.33. The normalized spacial score (nSPS) is 16.6. The summed E-state index contributed by atoms with van der Waals surface area (Å²) in [6, 6.07) is 0. The van der Waals surface area contributed by atoms with Crippen LogP contribution in [0, 0.1) is 5.41 Å².